The van der Waals surface area contributed by atoms with E-state index in [0.29, 0.717) is 18.8 Å². The minimum absolute atomic E-state index is 0. The normalized spacial score (nSPS) is 10.3. The summed E-state index contributed by atoms with van der Waals surface area (Å²) >= 11 is 2.60. The zero-order valence-corrected chi connectivity index (χ0v) is 18.2. The largest absolute Gasteiger partial charge is 1.00 e. The molecule has 0 N–H and O–H groups in total. The van der Waals surface area contributed by atoms with Crippen LogP contribution in [0.2, 0.25) is 0 Å². The first-order chi connectivity index (χ1) is 10.8. The van der Waals surface area contributed by atoms with E-state index < -0.39 is 0 Å². The molecule has 0 aromatic carbocycles. The van der Waals surface area contributed by atoms with Gasteiger partial charge in [0, 0.05) is 29.3 Å². The van der Waals surface area contributed by atoms with Crippen LogP contribution < -0.4 is 34.8 Å². The van der Waals surface area contributed by atoms with E-state index in [-0.39, 0.29) is 35.5 Å². The molecule has 0 saturated heterocycles. The van der Waals surface area contributed by atoms with Crippen LogP contribution in [0.5, 0.6) is 0 Å². The number of hydrogen-bond donors (Lipinski definition) is 0. The van der Waals surface area contributed by atoms with E-state index in [1.54, 1.807) is 11.8 Å². The van der Waals surface area contributed by atoms with Crippen molar-refractivity contribution in [2.45, 2.75) is 64.7 Å². The van der Waals surface area contributed by atoms with Crippen LogP contribution in [-0.4, -0.2) is 29.8 Å². The van der Waals surface area contributed by atoms with Gasteiger partial charge in [-0.05, 0) is 6.42 Å². The molecule has 0 bridgehead atoms. The van der Waals surface area contributed by atoms with Gasteiger partial charge in [0.15, 0.2) is 0 Å². The summed E-state index contributed by atoms with van der Waals surface area (Å²) in [6.07, 6.45) is 10.4. The molecule has 0 amide bonds. The van der Waals surface area contributed by atoms with Crippen LogP contribution in [0, 0.1) is 0 Å². The Balaban J connectivity index is 0. The van der Waals surface area contributed by atoms with Gasteiger partial charge in [-0.15, -0.1) is 0 Å². The number of rotatable bonds is 17. The predicted molar refractivity (Wildman–Crippen MR) is 90.1 cm³/mol. The molecular weight excluding hydrogens is 347 g/mol. The molecule has 0 rings (SSSR count). The second-order valence-electron chi connectivity index (χ2n) is 5.02. The molecule has 0 unspecified atom stereocenters. The third kappa shape index (κ3) is 23.1. The summed E-state index contributed by atoms with van der Waals surface area (Å²) in [7, 11) is 0. The molecule has 0 fully saturated rings. The van der Waals surface area contributed by atoms with Crippen LogP contribution in [0.15, 0.2) is 0 Å². The fraction of sp³-hybridized carbons (Fsp3) is 0.933. The van der Waals surface area contributed by atoms with Gasteiger partial charge >= 0.3 is 35.5 Å². The summed E-state index contributed by atoms with van der Waals surface area (Å²) in [5.74, 6) is 2.07. The molecule has 23 heavy (non-hydrogen) atoms. The number of hydrogen-bond acceptors (Lipinski definition) is 7. The average molecular weight is 377 g/mol. The van der Waals surface area contributed by atoms with Crippen molar-refractivity contribution < 1.29 is 53.7 Å². The smallest absolute Gasteiger partial charge is 0.691 e. The first-order valence-corrected chi connectivity index (χ1v) is 10.2. The SMILES string of the molecule is CCCCCCCCCCOC(=O)CCSCCSOO[O-].[Na+]. The molecule has 0 aliphatic rings. The molecule has 0 aliphatic carbocycles. The van der Waals surface area contributed by atoms with Crippen LogP contribution in [-0.2, 0) is 18.9 Å². The Bertz CT molecular complexity index is 248. The predicted octanol–water partition coefficient (Wildman–Crippen LogP) is 0.669. The molecule has 0 heterocycles. The second-order valence-corrected chi connectivity index (χ2v) is 7.02. The fourth-order valence-corrected chi connectivity index (χ4v) is 3.26. The average Bonchev–Trinajstić information content (AvgIpc) is 2.52. The number of thioether (sulfide) groups is 1. The standard InChI is InChI=1S/C15H30O5S2.Na/c1-2-3-4-5-6-7-8-9-11-18-15(16)10-12-21-13-14-22-20-19-17;/h17H,2-14H2,1H3;/q;+1/p-1. The first kappa shape index (κ1) is 26.3. The van der Waals surface area contributed by atoms with Gasteiger partial charge in [-0.2, -0.15) is 16.1 Å². The number of ether oxygens (including phenoxy) is 1. The summed E-state index contributed by atoms with van der Waals surface area (Å²) in [6.45, 7) is 2.77. The summed E-state index contributed by atoms with van der Waals surface area (Å²) in [5.41, 5.74) is 0. The van der Waals surface area contributed by atoms with E-state index in [0.717, 1.165) is 36.4 Å². The monoisotopic (exact) mass is 376 g/mol. The van der Waals surface area contributed by atoms with E-state index >= 15 is 0 Å². The van der Waals surface area contributed by atoms with Crippen molar-refractivity contribution in [1.82, 2.24) is 0 Å². The second kappa shape index (κ2) is 23.1. The van der Waals surface area contributed by atoms with Gasteiger partial charge in [0.25, 0.3) is 0 Å². The van der Waals surface area contributed by atoms with Crippen LogP contribution >= 0.6 is 23.8 Å². The zero-order chi connectivity index (χ0) is 16.3. The Morgan fingerprint density at radius 3 is 2.26 bits per heavy atom. The molecule has 0 saturated carbocycles. The topological polar surface area (TPSA) is 67.8 Å². The molecule has 0 atom stereocenters. The van der Waals surface area contributed by atoms with Crippen LogP contribution in [0.1, 0.15) is 64.7 Å². The van der Waals surface area contributed by atoms with E-state index in [9.17, 15) is 10.1 Å². The van der Waals surface area contributed by atoms with E-state index in [2.05, 4.69) is 16.3 Å². The van der Waals surface area contributed by atoms with Gasteiger partial charge in [0.1, 0.15) is 0 Å². The van der Waals surface area contributed by atoms with Crippen molar-refractivity contribution in [2.75, 3.05) is 23.9 Å². The van der Waals surface area contributed by atoms with Crippen LogP contribution in [0.25, 0.3) is 0 Å². The summed E-state index contributed by atoms with van der Waals surface area (Å²) in [6, 6.07) is 0. The van der Waals surface area contributed by atoms with Crippen molar-refractivity contribution in [3.63, 3.8) is 0 Å². The van der Waals surface area contributed by atoms with Crippen molar-refractivity contribution in [1.29, 1.82) is 0 Å². The molecule has 0 aromatic heterocycles. The minimum atomic E-state index is -0.123. The summed E-state index contributed by atoms with van der Waals surface area (Å²) in [5, 5.41) is 12.7. The number of carbonyl (C=O) groups excluding carboxylic acids is 1. The summed E-state index contributed by atoms with van der Waals surface area (Å²) in [4.78, 5) is 11.5. The molecule has 0 aromatic rings. The Morgan fingerprint density at radius 1 is 0.957 bits per heavy atom. The maximum Gasteiger partial charge on any atom is 1.00 e. The van der Waals surface area contributed by atoms with Crippen LogP contribution in [0.3, 0.4) is 0 Å². The van der Waals surface area contributed by atoms with Crippen molar-refractivity contribution in [3.05, 3.63) is 0 Å². The minimum Gasteiger partial charge on any atom is -0.691 e. The zero-order valence-electron chi connectivity index (χ0n) is 14.6. The molecule has 0 radical (unpaired) electrons. The maximum absolute atomic E-state index is 11.5. The Morgan fingerprint density at radius 2 is 1.61 bits per heavy atom. The quantitative estimate of drug-likeness (QED) is 0.0923. The van der Waals surface area contributed by atoms with Crippen molar-refractivity contribution in [2.24, 2.45) is 0 Å². The molecular formula is C15H29NaO5S2. The number of carbonyl (C=O) groups is 1. The molecule has 0 spiro atoms. The Kier molecular flexibility index (Phi) is 26.3. The fourth-order valence-electron chi connectivity index (χ4n) is 1.90. The van der Waals surface area contributed by atoms with Gasteiger partial charge in [-0.3, -0.25) is 9.83 Å². The molecule has 0 aliphatic heterocycles. The molecule has 132 valence electrons. The maximum atomic E-state index is 11.5. The van der Waals surface area contributed by atoms with Gasteiger partial charge in [0.05, 0.1) is 13.0 Å². The van der Waals surface area contributed by atoms with E-state index in [1.807, 2.05) is 0 Å². The Labute approximate surface area is 171 Å². The van der Waals surface area contributed by atoms with E-state index in [4.69, 9.17) is 4.74 Å². The first-order valence-electron chi connectivity index (χ1n) is 8.12. The van der Waals surface area contributed by atoms with Crippen LogP contribution in [0.4, 0.5) is 0 Å². The van der Waals surface area contributed by atoms with Gasteiger partial charge in [-0.1, -0.05) is 51.9 Å². The van der Waals surface area contributed by atoms with Crippen molar-refractivity contribution in [3.8, 4) is 0 Å². The van der Waals surface area contributed by atoms with Gasteiger partial charge in [0.2, 0.25) is 0 Å². The number of esters is 1. The molecule has 8 heteroatoms. The Hall–Kier alpha value is 1.05. The van der Waals surface area contributed by atoms with E-state index in [1.165, 1.54) is 38.5 Å². The third-order valence-electron chi connectivity index (χ3n) is 3.10. The number of unbranched alkanes of at least 4 members (excludes halogenated alkanes) is 7. The van der Waals surface area contributed by atoms with Gasteiger partial charge in [-0.25, -0.2) is 0 Å². The van der Waals surface area contributed by atoms with Crippen molar-refractivity contribution >= 4 is 29.8 Å². The van der Waals surface area contributed by atoms with Gasteiger partial charge < -0.3 is 9.99 Å². The third-order valence-corrected chi connectivity index (χ3v) is 4.86. The molecule has 5 nitrogen and oxygen atoms in total. The summed E-state index contributed by atoms with van der Waals surface area (Å²) < 4.78 is 9.32.